The number of nitrogens with two attached hydrogens (primary N) is 3. The molecule has 0 aromatic carbocycles. The third-order valence-electron chi connectivity index (χ3n) is 6.77. The van der Waals surface area contributed by atoms with Gasteiger partial charge in [0, 0.05) is 6.04 Å². The Morgan fingerprint density at radius 1 is 0.897 bits per heavy atom. The van der Waals surface area contributed by atoms with Crippen LogP contribution in [-0.2, 0) is 6.42 Å². The van der Waals surface area contributed by atoms with E-state index in [1.807, 2.05) is 6.92 Å². The number of hydrogen-bond acceptors (Lipinski definition) is 9. The SMILES string of the molecule is CCC(CC)N[C@@H](CCCCN)c1nc(C)sc1C(=O)N[C@@H](CC(C)C)c1nc(CCCCN)sc1C(N)=O. The molecule has 0 bridgehead atoms. The molecule has 0 radical (unpaired) electrons. The minimum absolute atomic E-state index is 0.0368. The van der Waals surface area contributed by atoms with E-state index in [-0.39, 0.29) is 17.9 Å². The van der Waals surface area contributed by atoms with Gasteiger partial charge in [0.1, 0.15) is 9.75 Å². The molecule has 2 rings (SSSR count). The fraction of sp³-hybridized carbons (Fsp3) is 0.714. The van der Waals surface area contributed by atoms with E-state index < -0.39 is 11.9 Å². The van der Waals surface area contributed by atoms with Crippen molar-refractivity contribution in [3.63, 3.8) is 0 Å². The van der Waals surface area contributed by atoms with Crippen molar-refractivity contribution in [2.75, 3.05) is 13.1 Å². The predicted molar refractivity (Wildman–Crippen MR) is 162 cm³/mol. The Kier molecular flexibility index (Phi) is 14.5. The van der Waals surface area contributed by atoms with Crippen molar-refractivity contribution < 1.29 is 9.59 Å². The third kappa shape index (κ3) is 10.2. The second-order valence-electron chi connectivity index (χ2n) is 10.6. The lowest BCUT2D eigenvalue weighted by Gasteiger charge is -2.25. The van der Waals surface area contributed by atoms with E-state index in [2.05, 4.69) is 38.3 Å². The number of unbranched alkanes of at least 4 members (excludes halogenated alkanes) is 2. The lowest BCUT2D eigenvalue weighted by Crippen LogP contribution is -2.35. The number of aryl methyl sites for hydroxylation is 2. The largest absolute Gasteiger partial charge is 0.365 e. The first-order chi connectivity index (χ1) is 18.6. The molecule has 39 heavy (non-hydrogen) atoms. The van der Waals surface area contributed by atoms with Crippen LogP contribution in [0.4, 0.5) is 0 Å². The Bertz CT molecular complexity index is 1030. The maximum Gasteiger partial charge on any atom is 0.263 e. The summed E-state index contributed by atoms with van der Waals surface area (Å²) in [4.78, 5) is 36.9. The van der Waals surface area contributed by atoms with Crippen LogP contribution in [0.2, 0.25) is 0 Å². The number of hydrogen-bond donors (Lipinski definition) is 5. The van der Waals surface area contributed by atoms with Gasteiger partial charge >= 0.3 is 0 Å². The summed E-state index contributed by atoms with van der Waals surface area (Å²) < 4.78 is 0. The van der Waals surface area contributed by atoms with E-state index in [4.69, 9.17) is 27.2 Å². The standard InChI is InChI=1S/C28H49N7O2S2/c1-6-19(7-2)33-20(12-8-10-14-29)23-26(38-18(5)32-23)28(37)34-21(16-17(3)4)24-25(27(31)36)39-22(35-24)13-9-11-15-30/h17,19-21,33H,6-16,29-30H2,1-5H3,(H2,31,36)(H,34,37)/t20-,21-/m0/s1. The Morgan fingerprint density at radius 2 is 1.54 bits per heavy atom. The topological polar surface area (TPSA) is 162 Å². The maximum absolute atomic E-state index is 13.9. The van der Waals surface area contributed by atoms with Crippen molar-refractivity contribution in [2.24, 2.45) is 23.1 Å². The fourth-order valence-electron chi connectivity index (χ4n) is 4.70. The summed E-state index contributed by atoms with van der Waals surface area (Å²) in [6.45, 7) is 11.7. The maximum atomic E-state index is 13.9. The number of carbonyl (C=O) groups is 2. The normalized spacial score (nSPS) is 13.3. The smallest absolute Gasteiger partial charge is 0.263 e. The van der Waals surface area contributed by atoms with Crippen LogP contribution in [0, 0.1) is 12.8 Å². The van der Waals surface area contributed by atoms with Gasteiger partial charge in [0.15, 0.2) is 0 Å². The second-order valence-corrected chi connectivity index (χ2v) is 12.8. The molecule has 2 atom stereocenters. The van der Waals surface area contributed by atoms with Gasteiger partial charge in [-0.15, -0.1) is 22.7 Å². The van der Waals surface area contributed by atoms with Crippen molar-refractivity contribution >= 4 is 34.5 Å². The average molecular weight is 580 g/mol. The molecule has 0 aliphatic rings. The molecule has 220 valence electrons. The van der Waals surface area contributed by atoms with Crippen molar-refractivity contribution in [1.29, 1.82) is 0 Å². The average Bonchev–Trinajstić information content (AvgIpc) is 3.50. The van der Waals surface area contributed by atoms with E-state index in [9.17, 15) is 9.59 Å². The first-order valence-corrected chi connectivity index (χ1v) is 16.0. The highest BCUT2D eigenvalue weighted by atomic mass is 32.1. The van der Waals surface area contributed by atoms with Crippen LogP contribution < -0.4 is 27.8 Å². The Morgan fingerprint density at radius 3 is 2.13 bits per heavy atom. The summed E-state index contributed by atoms with van der Waals surface area (Å²) in [5.41, 5.74) is 18.5. The summed E-state index contributed by atoms with van der Waals surface area (Å²) in [6, 6.07) is -0.131. The number of primary amides is 1. The molecule has 0 saturated heterocycles. The summed E-state index contributed by atoms with van der Waals surface area (Å²) >= 11 is 2.73. The lowest BCUT2D eigenvalue weighted by molar-refractivity contribution is 0.0928. The van der Waals surface area contributed by atoms with Crippen LogP contribution in [0.1, 0.15) is 132 Å². The van der Waals surface area contributed by atoms with Gasteiger partial charge in [-0.25, -0.2) is 9.97 Å². The van der Waals surface area contributed by atoms with Crippen LogP contribution in [0.5, 0.6) is 0 Å². The summed E-state index contributed by atoms with van der Waals surface area (Å²) in [5.74, 6) is -0.439. The number of carbonyl (C=O) groups excluding carboxylic acids is 2. The van der Waals surface area contributed by atoms with Crippen LogP contribution in [-0.4, -0.2) is 40.9 Å². The molecule has 0 fully saturated rings. The molecule has 2 amide bonds. The van der Waals surface area contributed by atoms with Crippen molar-refractivity contribution in [3.05, 3.63) is 31.2 Å². The summed E-state index contributed by atoms with van der Waals surface area (Å²) in [6.07, 6.45) is 7.88. The number of rotatable bonds is 19. The number of amides is 2. The lowest BCUT2D eigenvalue weighted by atomic mass is 9.99. The number of nitrogens with one attached hydrogen (secondary N) is 2. The van der Waals surface area contributed by atoms with E-state index in [1.54, 1.807) is 0 Å². The van der Waals surface area contributed by atoms with E-state index in [0.29, 0.717) is 41.0 Å². The Labute approximate surface area is 242 Å². The van der Waals surface area contributed by atoms with Crippen molar-refractivity contribution in [3.8, 4) is 0 Å². The molecule has 9 nitrogen and oxygen atoms in total. The molecule has 0 aliphatic carbocycles. The Hall–Kier alpha value is -1.92. The number of nitrogens with zero attached hydrogens (tertiary/aromatic N) is 2. The fourth-order valence-corrected chi connectivity index (χ4v) is 6.60. The van der Waals surface area contributed by atoms with E-state index in [1.165, 1.54) is 22.7 Å². The number of thiazole rings is 2. The predicted octanol–water partition coefficient (Wildman–Crippen LogP) is 4.75. The Balaban J connectivity index is 2.41. The third-order valence-corrected chi connectivity index (χ3v) is 8.91. The molecular weight excluding hydrogens is 530 g/mol. The molecule has 2 aromatic heterocycles. The highest BCUT2D eigenvalue weighted by molar-refractivity contribution is 7.14. The highest BCUT2D eigenvalue weighted by Gasteiger charge is 2.30. The van der Waals surface area contributed by atoms with Crippen molar-refractivity contribution in [1.82, 2.24) is 20.6 Å². The molecule has 0 saturated carbocycles. The molecule has 2 aromatic rings. The first-order valence-electron chi connectivity index (χ1n) is 14.4. The quantitative estimate of drug-likeness (QED) is 0.150. The zero-order valence-electron chi connectivity index (χ0n) is 24.3. The second kappa shape index (κ2) is 17.0. The molecule has 2 heterocycles. The zero-order valence-corrected chi connectivity index (χ0v) is 26.0. The van der Waals surface area contributed by atoms with Crippen LogP contribution in [0.25, 0.3) is 0 Å². The molecule has 11 heteroatoms. The van der Waals surface area contributed by atoms with Crippen molar-refractivity contribution in [2.45, 2.75) is 111 Å². The molecule has 8 N–H and O–H groups in total. The molecule has 0 unspecified atom stereocenters. The van der Waals surface area contributed by atoms with Gasteiger partial charge in [0.2, 0.25) is 0 Å². The van der Waals surface area contributed by atoms with E-state index in [0.717, 1.165) is 67.1 Å². The van der Waals surface area contributed by atoms with Gasteiger partial charge in [0.05, 0.1) is 33.5 Å². The van der Waals surface area contributed by atoms with Crippen LogP contribution in [0.3, 0.4) is 0 Å². The highest BCUT2D eigenvalue weighted by Crippen LogP contribution is 2.32. The summed E-state index contributed by atoms with van der Waals surface area (Å²) in [5, 5.41) is 8.66. The summed E-state index contributed by atoms with van der Waals surface area (Å²) in [7, 11) is 0. The van der Waals surface area contributed by atoms with Gasteiger partial charge < -0.3 is 27.8 Å². The monoisotopic (exact) mass is 579 g/mol. The molecule has 0 aliphatic heterocycles. The van der Waals surface area contributed by atoms with Gasteiger partial charge in [-0.1, -0.05) is 34.1 Å². The molecular formula is C28H49N7O2S2. The van der Waals surface area contributed by atoms with Crippen LogP contribution >= 0.6 is 22.7 Å². The number of aromatic nitrogens is 2. The van der Waals surface area contributed by atoms with E-state index >= 15 is 0 Å². The first kappa shape index (κ1) is 33.3. The minimum atomic E-state index is -0.515. The van der Waals surface area contributed by atoms with Gasteiger partial charge in [0.25, 0.3) is 11.8 Å². The zero-order chi connectivity index (χ0) is 28.9. The minimum Gasteiger partial charge on any atom is -0.365 e. The van der Waals surface area contributed by atoms with Gasteiger partial charge in [-0.3, -0.25) is 9.59 Å². The van der Waals surface area contributed by atoms with Gasteiger partial charge in [-0.2, -0.15) is 0 Å². The van der Waals surface area contributed by atoms with Crippen LogP contribution in [0.15, 0.2) is 0 Å². The van der Waals surface area contributed by atoms with Gasteiger partial charge in [-0.05, 0) is 77.3 Å². The molecule has 0 spiro atoms.